The molecule has 0 aromatic rings. The number of hydrogen-bond donors (Lipinski definition) is 0. The van der Waals surface area contributed by atoms with Gasteiger partial charge in [-0.25, -0.2) is 0 Å². The summed E-state index contributed by atoms with van der Waals surface area (Å²) in [6.07, 6.45) is 57.5. The van der Waals surface area contributed by atoms with Gasteiger partial charge in [0.15, 0.2) is 6.10 Å². The van der Waals surface area contributed by atoms with E-state index in [-0.39, 0.29) is 31.1 Å². The molecule has 6 nitrogen and oxygen atoms in total. The first-order valence-electron chi connectivity index (χ1n) is 27.2. The van der Waals surface area contributed by atoms with Gasteiger partial charge in [-0.15, -0.1) is 0 Å². The third-order valence-electron chi connectivity index (χ3n) is 12.3. The van der Waals surface area contributed by atoms with Crippen LogP contribution in [0.4, 0.5) is 0 Å². The van der Waals surface area contributed by atoms with E-state index in [1.165, 1.54) is 193 Å². The Morgan fingerprint density at radius 3 is 0.820 bits per heavy atom. The molecule has 0 aromatic carbocycles. The van der Waals surface area contributed by atoms with Crippen molar-refractivity contribution in [2.24, 2.45) is 0 Å². The molecular weight excluding hydrogens is 757 g/mol. The number of allylic oxidation sites excluding steroid dienone is 2. The minimum absolute atomic E-state index is 0.0670. The molecular formula is C55H104O6. The van der Waals surface area contributed by atoms with Crippen molar-refractivity contribution in [2.45, 2.75) is 309 Å². The van der Waals surface area contributed by atoms with E-state index in [1.807, 2.05) is 0 Å². The zero-order chi connectivity index (χ0) is 44.4. The lowest BCUT2D eigenvalue weighted by molar-refractivity contribution is -0.167. The summed E-state index contributed by atoms with van der Waals surface area (Å²) < 4.78 is 16.5. The van der Waals surface area contributed by atoms with E-state index >= 15 is 0 Å². The molecule has 0 bridgehead atoms. The van der Waals surface area contributed by atoms with Crippen molar-refractivity contribution in [2.75, 3.05) is 13.2 Å². The molecule has 0 fully saturated rings. The Hall–Kier alpha value is -1.85. The summed E-state index contributed by atoms with van der Waals surface area (Å²) in [5.41, 5.74) is 0. The quantitative estimate of drug-likeness (QED) is 0.0262. The van der Waals surface area contributed by atoms with E-state index in [0.717, 1.165) is 70.6 Å². The van der Waals surface area contributed by atoms with E-state index < -0.39 is 6.10 Å². The standard InChI is InChI=1S/C55H104O6/c1-4-7-10-13-14-15-16-17-18-19-20-21-22-23-24-25-26-27-28-29-30-31-32-33-34-35-36-37-38-39-40-43-45-48-54(57)60-51-52(61-55(58)49-46-42-12-9-6-3)50-59-53(56)47-44-41-11-8-5-2/h19-20,52H,4-18,21-51H2,1-3H3/b20-19-. The molecule has 0 saturated carbocycles. The summed E-state index contributed by atoms with van der Waals surface area (Å²) in [7, 11) is 0. The highest BCUT2D eigenvalue weighted by Crippen LogP contribution is 2.17. The number of rotatable bonds is 50. The van der Waals surface area contributed by atoms with Gasteiger partial charge in [0.25, 0.3) is 0 Å². The van der Waals surface area contributed by atoms with E-state index in [0.29, 0.717) is 19.3 Å². The van der Waals surface area contributed by atoms with Crippen molar-refractivity contribution in [3.8, 4) is 0 Å². The lowest BCUT2D eigenvalue weighted by Gasteiger charge is -2.18. The molecule has 0 amide bonds. The molecule has 1 unspecified atom stereocenters. The van der Waals surface area contributed by atoms with Crippen LogP contribution in [-0.4, -0.2) is 37.2 Å². The maximum Gasteiger partial charge on any atom is 0.306 e. The third kappa shape index (κ3) is 49.0. The second kappa shape index (κ2) is 50.8. The van der Waals surface area contributed by atoms with Gasteiger partial charge in [-0.05, 0) is 44.9 Å². The first kappa shape index (κ1) is 59.1. The fraction of sp³-hybridized carbons (Fsp3) is 0.909. The average Bonchev–Trinajstić information content (AvgIpc) is 3.26. The molecule has 0 aliphatic carbocycles. The predicted molar refractivity (Wildman–Crippen MR) is 261 cm³/mol. The van der Waals surface area contributed by atoms with Crippen LogP contribution in [0.2, 0.25) is 0 Å². The molecule has 1 atom stereocenters. The van der Waals surface area contributed by atoms with Crippen LogP contribution in [0.25, 0.3) is 0 Å². The van der Waals surface area contributed by atoms with Gasteiger partial charge < -0.3 is 14.2 Å². The Morgan fingerprint density at radius 2 is 0.541 bits per heavy atom. The topological polar surface area (TPSA) is 78.9 Å². The van der Waals surface area contributed by atoms with Crippen LogP contribution in [0.5, 0.6) is 0 Å². The van der Waals surface area contributed by atoms with E-state index in [2.05, 4.69) is 32.9 Å². The summed E-state index contributed by atoms with van der Waals surface area (Å²) in [6.45, 7) is 6.49. The third-order valence-corrected chi connectivity index (χ3v) is 12.3. The van der Waals surface area contributed by atoms with Gasteiger partial charge in [0, 0.05) is 19.3 Å². The number of carbonyl (C=O) groups excluding carboxylic acids is 3. The Kier molecular flexibility index (Phi) is 49.3. The molecule has 360 valence electrons. The van der Waals surface area contributed by atoms with Gasteiger partial charge in [-0.1, -0.05) is 251 Å². The monoisotopic (exact) mass is 861 g/mol. The highest BCUT2D eigenvalue weighted by molar-refractivity contribution is 5.71. The normalized spacial score (nSPS) is 12.0. The summed E-state index contributed by atoms with van der Waals surface area (Å²) >= 11 is 0. The van der Waals surface area contributed by atoms with Crippen LogP contribution in [0, 0.1) is 0 Å². The first-order chi connectivity index (χ1) is 30.0. The fourth-order valence-corrected chi connectivity index (χ4v) is 8.14. The van der Waals surface area contributed by atoms with Crippen molar-refractivity contribution >= 4 is 17.9 Å². The van der Waals surface area contributed by atoms with Crippen molar-refractivity contribution in [1.29, 1.82) is 0 Å². The lowest BCUT2D eigenvalue weighted by atomic mass is 10.0. The molecule has 0 saturated heterocycles. The summed E-state index contributed by atoms with van der Waals surface area (Å²) in [5.74, 6) is -0.885. The van der Waals surface area contributed by atoms with Crippen LogP contribution in [0.3, 0.4) is 0 Å². The maximum absolute atomic E-state index is 12.5. The van der Waals surface area contributed by atoms with Gasteiger partial charge in [0.1, 0.15) is 13.2 Å². The number of esters is 3. The van der Waals surface area contributed by atoms with Crippen molar-refractivity contribution in [3.63, 3.8) is 0 Å². The lowest BCUT2D eigenvalue weighted by Crippen LogP contribution is -2.30. The Labute approximate surface area is 380 Å². The van der Waals surface area contributed by atoms with Crippen LogP contribution >= 0.6 is 0 Å². The molecule has 0 radical (unpaired) electrons. The SMILES string of the molecule is CCCCCCCCCC/C=C\CCCCCCCCCCCCCCCCCCCCCCCC(=O)OCC(COC(=O)CCCCCCC)OC(=O)CCCCCCC. The Morgan fingerprint density at radius 1 is 0.311 bits per heavy atom. The largest absolute Gasteiger partial charge is 0.462 e. The molecule has 0 heterocycles. The van der Waals surface area contributed by atoms with Crippen LogP contribution in [-0.2, 0) is 28.6 Å². The van der Waals surface area contributed by atoms with Gasteiger partial charge in [0.05, 0.1) is 0 Å². The second-order valence-corrected chi connectivity index (χ2v) is 18.5. The molecule has 0 aromatic heterocycles. The minimum atomic E-state index is -0.757. The summed E-state index contributed by atoms with van der Waals surface area (Å²) in [6, 6.07) is 0. The zero-order valence-corrected chi connectivity index (χ0v) is 41.2. The minimum Gasteiger partial charge on any atom is -0.462 e. The van der Waals surface area contributed by atoms with Gasteiger partial charge >= 0.3 is 17.9 Å². The number of unbranched alkanes of at least 4 members (excludes halogenated alkanes) is 37. The van der Waals surface area contributed by atoms with Gasteiger partial charge in [0.2, 0.25) is 0 Å². The number of ether oxygens (including phenoxy) is 3. The summed E-state index contributed by atoms with van der Waals surface area (Å²) in [5, 5.41) is 0. The summed E-state index contributed by atoms with van der Waals surface area (Å²) in [4.78, 5) is 37.2. The highest BCUT2D eigenvalue weighted by atomic mass is 16.6. The Balaban J connectivity index is 3.67. The van der Waals surface area contributed by atoms with Crippen LogP contribution < -0.4 is 0 Å². The van der Waals surface area contributed by atoms with Crippen molar-refractivity contribution < 1.29 is 28.6 Å². The smallest absolute Gasteiger partial charge is 0.306 e. The fourth-order valence-electron chi connectivity index (χ4n) is 8.14. The molecule has 0 aliphatic heterocycles. The zero-order valence-electron chi connectivity index (χ0n) is 41.2. The average molecular weight is 861 g/mol. The van der Waals surface area contributed by atoms with Crippen molar-refractivity contribution in [1.82, 2.24) is 0 Å². The predicted octanol–water partition coefficient (Wildman–Crippen LogP) is 17.8. The second-order valence-electron chi connectivity index (χ2n) is 18.5. The molecule has 0 N–H and O–H groups in total. The number of carbonyl (C=O) groups is 3. The molecule has 0 aliphatic rings. The maximum atomic E-state index is 12.5. The molecule has 0 rings (SSSR count). The Bertz CT molecular complexity index is 947. The first-order valence-corrected chi connectivity index (χ1v) is 27.2. The molecule has 61 heavy (non-hydrogen) atoms. The molecule has 0 spiro atoms. The molecule has 6 heteroatoms. The van der Waals surface area contributed by atoms with E-state index in [9.17, 15) is 14.4 Å². The van der Waals surface area contributed by atoms with Gasteiger partial charge in [-0.2, -0.15) is 0 Å². The van der Waals surface area contributed by atoms with Crippen LogP contribution in [0.15, 0.2) is 12.2 Å². The van der Waals surface area contributed by atoms with E-state index in [4.69, 9.17) is 14.2 Å². The number of hydrogen-bond acceptors (Lipinski definition) is 6. The van der Waals surface area contributed by atoms with E-state index in [1.54, 1.807) is 0 Å². The van der Waals surface area contributed by atoms with Crippen LogP contribution in [0.1, 0.15) is 303 Å². The van der Waals surface area contributed by atoms with Crippen molar-refractivity contribution in [3.05, 3.63) is 12.2 Å². The van der Waals surface area contributed by atoms with Gasteiger partial charge in [-0.3, -0.25) is 14.4 Å². The highest BCUT2D eigenvalue weighted by Gasteiger charge is 2.19.